The number of fused-ring (bicyclic) bond motifs is 2. The van der Waals surface area contributed by atoms with Crippen LogP contribution in [0.15, 0.2) is 75.9 Å². The smallest absolute Gasteiger partial charge is 0.193 e. The number of methoxy groups -OCH3 is 1. The molecule has 0 fully saturated rings. The summed E-state index contributed by atoms with van der Waals surface area (Å²) in [5.41, 5.74) is 4.49. The Bertz CT molecular complexity index is 1450. The number of nitrogens with zero attached hydrogens (tertiary/aromatic N) is 1. The van der Waals surface area contributed by atoms with Crippen LogP contribution in [0.4, 0.5) is 10.8 Å². The van der Waals surface area contributed by atoms with Crippen molar-refractivity contribution in [3.05, 3.63) is 82.5 Å². The predicted octanol–water partition coefficient (Wildman–Crippen LogP) is 6.38. The Hall–Kier alpha value is -3.64. The average Bonchev–Trinajstić information content (AvgIpc) is 3.20. The molecule has 6 heteroatoms. The van der Waals surface area contributed by atoms with Gasteiger partial charge in [-0.1, -0.05) is 24.3 Å². The van der Waals surface area contributed by atoms with Gasteiger partial charge in [0.2, 0.25) is 0 Å². The summed E-state index contributed by atoms with van der Waals surface area (Å²) in [6, 6.07) is 20.9. The lowest BCUT2D eigenvalue weighted by molar-refractivity contribution is 0.415. The summed E-state index contributed by atoms with van der Waals surface area (Å²) in [5, 5.41) is 4.72. The lowest BCUT2D eigenvalue weighted by Crippen LogP contribution is -2.00. The Morgan fingerprint density at radius 3 is 2.65 bits per heavy atom. The number of hydrogen-bond donors (Lipinski definition) is 1. The first-order valence-corrected chi connectivity index (χ1v) is 10.8. The fourth-order valence-electron chi connectivity index (χ4n) is 3.49. The van der Waals surface area contributed by atoms with E-state index in [9.17, 15) is 4.79 Å². The zero-order valence-electron chi connectivity index (χ0n) is 17.1. The predicted molar refractivity (Wildman–Crippen MR) is 127 cm³/mol. The van der Waals surface area contributed by atoms with Crippen LogP contribution in [0.3, 0.4) is 0 Å². The minimum Gasteiger partial charge on any atom is -0.497 e. The maximum absolute atomic E-state index is 12.5. The summed E-state index contributed by atoms with van der Waals surface area (Å²) in [6.45, 7) is 2.15. The fraction of sp³-hybridized carbons (Fsp3) is 0.120. The number of benzene rings is 3. The highest BCUT2D eigenvalue weighted by molar-refractivity contribution is 7.22. The molecule has 0 aliphatic heterocycles. The molecule has 5 nitrogen and oxygen atoms in total. The molecule has 154 valence electrons. The summed E-state index contributed by atoms with van der Waals surface area (Å²) >= 11 is 1.64. The van der Waals surface area contributed by atoms with Crippen molar-refractivity contribution in [3.8, 4) is 17.1 Å². The molecule has 1 N–H and O–H groups in total. The van der Waals surface area contributed by atoms with Gasteiger partial charge in [-0.2, -0.15) is 0 Å². The Kier molecular flexibility index (Phi) is 4.92. The molecule has 31 heavy (non-hydrogen) atoms. The van der Waals surface area contributed by atoms with E-state index in [0.717, 1.165) is 28.3 Å². The minimum absolute atomic E-state index is 0.0988. The SMILES string of the molecule is CCc1ccc2nc(Nc3ccc(-c4cc(=O)c5cc(OC)ccc5o4)cc3)sc2c1. The van der Waals surface area contributed by atoms with Gasteiger partial charge < -0.3 is 14.5 Å². The first-order chi connectivity index (χ1) is 15.1. The standard InChI is InChI=1S/C25H20N2O3S/c1-3-15-4-10-20-24(12-15)31-25(27-20)26-17-7-5-16(6-8-17)23-14-21(28)19-13-18(29-2)9-11-22(19)30-23/h4-14H,3H2,1-2H3,(H,26,27). The van der Waals surface area contributed by atoms with Crippen molar-refractivity contribution in [1.29, 1.82) is 0 Å². The van der Waals surface area contributed by atoms with E-state index < -0.39 is 0 Å². The molecule has 5 aromatic rings. The highest BCUT2D eigenvalue weighted by Gasteiger charge is 2.09. The van der Waals surface area contributed by atoms with Crippen molar-refractivity contribution in [2.75, 3.05) is 12.4 Å². The van der Waals surface area contributed by atoms with E-state index in [-0.39, 0.29) is 5.43 Å². The molecule has 0 saturated carbocycles. The second-order valence-corrected chi connectivity index (χ2v) is 8.24. The van der Waals surface area contributed by atoms with Crippen LogP contribution >= 0.6 is 11.3 Å². The van der Waals surface area contributed by atoms with E-state index in [1.807, 2.05) is 24.3 Å². The van der Waals surface area contributed by atoms with Gasteiger partial charge >= 0.3 is 0 Å². The molecule has 0 aliphatic carbocycles. The van der Waals surface area contributed by atoms with E-state index in [0.29, 0.717) is 22.5 Å². The van der Waals surface area contributed by atoms with Gasteiger partial charge in [-0.3, -0.25) is 4.79 Å². The molecular weight excluding hydrogens is 408 g/mol. The fourth-order valence-corrected chi connectivity index (χ4v) is 4.44. The van der Waals surface area contributed by atoms with Crippen LogP contribution in [0.5, 0.6) is 5.75 Å². The van der Waals surface area contributed by atoms with Gasteiger partial charge in [0.25, 0.3) is 0 Å². The van der Waals surface area contributed by atoms with Crippen LogP contribution in [-0.2, 0) is 6.42 Å². The van der Waals surface area contributed by atoms with Gasteiger partial charge in [0.1, 0.15) is 17.1 Å². The van der Waals surface area contributed by atoms with Crippen LogP contribution in [0.1, 0.15) is 12.5 Å². The molecule has 0 atom stereocenters. The summed E-state index contributed by atoms with van der Waals surface area (Å²) in [5.74, 6) is 1.16. The molecule has 5 rings (SSSR count). The van der Waals surface area contributed by atoms with Crippen molar-refractivity contribution in [1.82, 2.24) is 4.98 Å². The monoisotopic (exact) mass is 428 g/mol. The number of hydrogen-bond acceptors (Lipinski definition) is 6. The highest BCUT2D eigenvalue weighted by Crippen LogP contribution is 2.30. The third-order valence-corrected chi connectivity index (χ3v) is 6.15. The first kappa shape index (κ1) is 19.3. The van der Waals surface area contributed by atoms with Crippen LogP contribution < -0.4 is 15.5 Å². The Morgan fingerprint density at radius 1 is 1.03 bits per heavy atom. The zero-order valence-corrected chi connectivity index (χ0v) is 18.0. The average molecular weight is 429 g/mol. The molecule has 0 aliphatic rings. The maximum atomic E-state index is 12.5. The summed E-state index contributed by atoms with van der Waals surface area (Å²) < 4.78 is 12.3. The third-order valence-electron chi connectivity index (χ3n) is 5.22. The van der Waals surface area contributed by atoms with E-state index in [2.05, 4.69) is 35.4 Å². The molecule has 0 unspecified atom stereocenters. The van der Waals surface area contributed by atoms with Crippen molar-refractivity contribution in [2.24, 2.45) is 0 Å². The number of thiazole rings is 1. The van der Waals surface area contributed by atoms with Crippen LogP contribution in [0.25, 0.3) is 32.5 Å². The normalized spacial score (nSPS) is 11.2. The molecule has 0 amide bonds. The number of rotatable bonds is 5. The lowest BCUT2D eigenvalue weighted by Gasteiger charge is -2.06. The van der Waals surface area contributed by atoms with Gasteiger partial charge in [0.05, 0.1) is 22.7 Å². The van der Waals surface area contributed by atoms with Crippen molar-refractivity contribution >= 4 is 43.3 Å². The maximum Gasteiger partial charge on any atom is 0.193 e. The summed E-state index contributed by atoms with van der Waals surface area (Å²) in [7, 11) is 1.57. The molecule has 0 radical (unpaired) electrons. The van der Waals surface area contributed by atoms with Gasteiger partial charge in [-0.05, 0) is 66.6 Å². The molecular formula is C25H20N2O3S. The number of aryl methyl sites for hydroxylation is 1. The number of nitrogens with one attached hydrogen (secondary N) is 1. The largest absolute Gasteiger partial charge is 0.497 e. The number of ether oxygens (including phenoxy) is 1. The van der Waals surface area contributed by atoms with E-state index in [1.54, 1.807) is 36.6 Å². The van der Waals surface area contributed by atoms with Gasteiger partial charge in [0, 0.05) is 17.3 Å². The van der Waals surface area contributed by atoms with Crippen molar-refractivity contribution < 1.29 is 9.15 Å². The first-order valence-electron chi connectivity index (χ1n) is 10.0. The summed E-state index contributed by atoms with van der Waals surface area (Å²) in [4.78, 5) is 17.2. The highest BCUT2D eigenvalue weighted by atomic mass is 32.1. The van der Waals surface area contributed by atoms with Crippen LogP contribution in [0, 0.1) is 0 Å². The minimum atomic E-state index is -0.0988. The molecule has 0 spiro atoms. The number of anilines is 2. The third kappa shape index (κ3) is 3.78. The molecule has 2 aromatic heterocycles. The van der Waals surface area contributed by atoms with Gasteiger partial charge in [-0.15, -0.1) is 0 Å². The Balaban J connectivity index is 1.41. The van der Waals surface area contributed by atoms with Crippen LogP contribution in [-0.4, -0.2) is 12.1 Å². The van der Waals surface area contributed by atoms with Gasteiger partial charge in [-0.25, -0.2) is 4.98 Å². The number of aromatic nitrogens is 1. The molecule has 3 aromatic carbocycles. The second kappa shape index (κ2) is 7.89. The van der Waals surface area contributed by atoms with E-state index in [4.69, 9.17) is 9.15 Å². The van der Waals surface area contributed by atoms with Crippen molar-refractivity contribution in [2.45, 2.75) is 13.3 Å². The quantitative estimate of drug-likeness (QED) is 0.352. The topological polar surface area (TPSA) is 64.4 Å². The summed E-state index contributed by atoms with van der Waals surface area (Å²) in [6.07, 6.45) is 1.01. The zero-order chi connectivity index (χ0) is 21.4. The molecule has 0 saturated heterocycles. The Labute approximate surface area is 182 Å². The van der Waals surface area contributed by atoms with Crippen LogP contribution in [0.2, 0.25) is 0 Å². The van der Waals surface area contributed by atoms with Crippen molar-refractivity contribution in [3.63, 3.8) is 0 Å². The van der Waals surface area contributed by atoms with E-state index in [1.165, 1.54) is 16.3 Å². The lowest BCUT2D eigenvalue weighted by atomic mass is 10.1. The molecule has 0 bridgehead atoms. The Morgan fingerprint density at radius 2 is 1.87 bits per heavy atom. The van der Waals surface area contributed by atoms with E-state index >= 15 is 0 Å². The molecule has 2 heterocycles. The second-order valence-electron chi connectivity index (χ2n) is 7.21. The van der Waals surface area contributed by atoms with Gasteiger partial charge in [0.15, 0.2) is 10.6 Å².